The van der Waals surface area contributed by atoms with Gasteiger partial charge in [0, 0.05) is 50.2 Å². The van der Waals surface area contributed by atoms with Gasteiger partial charge in [0.2, 0.25) is 10.0 Å². The Morgan fingerprint density at radius 3 is 2.36 bits per heavy atom. The van der Waals surface area contributed by atoms with Crippen LogP contribution in [0.15, 0.2) is 40.8 Å². The number of hydrogen-bond donors (Lipinski definition) is 1. The number of fused-ring (bicyclic) bond motifs is 1. The number of nitrogens with one attached hydrogen (secondary N) is 1. The number of anilines is 1. The third-order valence-electron chi connectivity index (χ3n) is 7.73. The fourth-order valence-electron chi connectivity index (χ4n) is 5.25. The SMILES string of the molecule is CNC(=O)c1c(-c2ccc(F)cc2)oc2cc(N(CCCCCOCCCCC(=O)OCC(C)C)S(C)(=O)=O)c(C3CC3)cc12. The predicted octanol–water partition coefficient (Wildman–Crippen LogP) is 6.80. The van der Waals surface area contributed by atoms with Gasteiger partial charge in [-0.15, -0.1) is 0 Å². The molecule has 1 N–H and O–H groups in total. The molecule has 1 aromatic heterocycles. The first-order valence-corrected chi connectivity index (χ1v) is 17.6. The van der Waals surface area contributed by atoms with E-state index in [2.05, 4.69) is 5.32 Å². The van der Waals surface area contributed by atoms with Crippen molar-refractivity contribution in [1.29, 1.82) is 0 Å². The molecule has 1 amide bonds. The molecule has 2 aromatic carbocycles. The number of halogens is 1. The molecular formula is C34H45FN2O7S. The number of rotatable bonds is 18. The molecule has 9 nitrogen and oxygen atoms in total. The molecule has 0 spiro atoms. The number of amides is 1. The van der Waals surface area contributed by atoms with Crippen molar-refractivity contribution in [1.82, 2.24) is 5.32 Å². The van der Waals surface area contributed by atoms with Crippen molar-refractivity contribution in [2.75, 3.05) is 44.0 Å². The van der Waals surface area contributed by atoms with Gasteiger partial charge in [0.05, 0.1) is 24.1 Å². The van der Waals surface area contributed by atoms with Crippen LogP contribution in [0.2, 0.25) is 0 Å². The number of carbonyl (C=O) groups excluding carboxylic acids is 2. The molecule has 0 aliphatic heterocycles. The molecule has 1 heterocycles. The van der Waals surface area contributed by atoms with Crippen molar-refractivity contribution in [2.45, 2.75) is 71.1 Å². The maximum Gasteiger partial charge on any atom is 0.305 e. The van der Waals surface area contributed by atoms with Crippen molar-refractivity contribution in [3.05, 3.63) is 53.3 Å². The fourth-order valence-corrected chi connectivity index (χ4v) is 6.23. The molecule has 0 unspecified atom stereocenters. The van der Waals surface area contributed by atoms with Gasteiger partial charge in [-0.2, -0.15) is 0 Å². The lowest BCUT2D eigenvalue weighted by Gasteiger charge is -2.25. The Morgan fingerprint density at radius 2 is 1.73 bits per heavy atom. The summed E-state index contributed by atoms with van der Waals surface area (Å²) in [6, 6.07) is 9.34. The summed E-state index contributed by atoms with van der Waals surface area (Å²) in [7, 11) is -2.08. The first-order chi connectivity index (χ1) is 21.5. The number of ether oxygens (including phenoxy) is 2. The Labute approximate surface area is 265 Å². The first-order valence-electron chi connectivity index (χ1n) is 15.8. The molecular weight excluding hydrogens is 599 g/mol. The van der Waals surface area contributed by atoms with Crippen LogP contribution in [0.3, 0.4) is 0 Å². The van der Waals surface area contributed by atoms with E-state index in [1.807, 2.05) is 19.9 Å². The van der Waals surface area contributed by atoms with E-state index in [-0.39, 0.29) is 17.8 Å². The molecule has 1 aliphatic rings. The first kappa shape index (κ1) is 34.4. The summed E-state index contributed by atoms with van der Waals surface area (Å²) in [5, 5.41) is 3.26. The van der Waals surface area contributed by atoms with Crippen LogP contribution in [0.4, 0.5) is 10.1 Å². The number of sulfonamides is 1. The van der Waals surface area contributed by atoms with Crippen molar-refractivity contribution < 1.29 is 36.3 Å². The van der Waals surface area contributed by atoms with Crippen molar-refractivity contribution in [2.24, 2.45) is 5.92 Å². The number of nitrogens with zero attached hydrogens (tertiary/aromatic N) is 1. The molecule has 0 bridgehead atoms. The van der Waals surface area contributed by atoms with Crippen LogP contribution >= 0.6 is 0 Å². The van der Waals surface area contributed by atoms with Crippen LogP contribution in [0, 0.1) is 11.7 Å². The minimum atomic E-state index is -3.62. The van der Waals surface area contributed by atoms with Crippen LogP contribution in [-0.4, -0.2) is 60.0 Å². The Kier molecular flexibility index (Phi) is 12.0. The lowest BCUT2D eigenvalue weighted by atomic mass is 10.0. The lowest BCUT2D eigenvalue weighted by Crippen LogP contribution is -2.31. The fraction of sp³-hybridized carbons (Fsp3) is 0.529. The highest BCUT2D eigenvalue weighted by molar-refractivity contribution is 7.92. The summed E-state index contributed by atoms with van der Waals surface area (Å²) in [6.45, 7) is 5.89. The molecule has 1 aliphatic carbocycles. The molecule has 246 valence electrons. The smallest absolute Gasteiger partial charge is 0.305 e. The minimum absolute atomic E-state index is 0.171. The maximum absolute atomic E-state index is 13.6. The number of esters is 1. The van der Waals surface area contributed by atoms with Crippen LogP contribution in [0.5, 0.6) is 0 Å². The van der Waals surface area contributed by atoms with Crippen LogP contribution in [0.25, 0.3) is 22.3 Å². The topological polar surface area (TPSA) is 115 Å². The number of carbonyl (C=O) groups is 2. The normalized spacial score (nSPS) is 13.4. The Morgan fingerprint density at radius 1 is 1.04 bits per heavy atom. The van der Waals surface area contributed by atoms with Gasteiger partial charge in [-0.3, -0.25) is 13.9 Å². The monoisotopic (exact) mass is 644 g/mol. The molecule has 45 heavy (non-hydrogen) atoms. The molecule has 4 rings (SSSR count). The second-order valence-corrected chi connectivity index (χ2v) is 14.0. The van der Waals surface area contributed by atoms with Gasteiger partial charge in [0.25, 0.3) is 5.91 Å². The van der Waals surface area contributed by atoms with Gasteiger partial charge >= 0.3 is 5.97 Å². The summed E-state index contributed by atoms with van der Waals surface area (Å²) >= 11 is 0. The number of unbranched alkanes of at least 4 members (excludes halogenated alkanes) is 3. The number of furan rings is 1. The minimum Gasteiger partial charge on any atom is -0.465 e. The van der Waals surface area contributed by atoms with E-state index in [0.29, 0.717) is 78.7 Å². The van der Waals surface area contributed by atoms with Crippen molar-refractivity contribution in [3.8, 4) is 11.3 Å². The highest BCUT2D eigenvalue weighted by Gasteiger charge is 2.33. The molecule has 1 fully saturated rings. The van der Waals surface area contributed by atoms with Gasteiger partial charge in [-0.25, -0.2) is 12.8 Å². The standard InChI is InChI=1S/C34H45FN2O7S/c1-23(2)22-43-31(38)10-6-9-19-42-18-8-5-7-17-37(45(4,40)41)29-21-30-28(20-27(29)24-11-12-24)32(34(39)36-3)33(44-30)25-13-15-26(35)16-14-25/h13-16,20-21,23-24H,5-12,17-19,22H2,1-4H3,(H,36,39). The van der Waals surface area contributed by atoms with Crippen molar-refractivity contribution >= 4 is 38.6 Å². The predicted molar refractivity (Wildman–Crippen MR) is 173 cm³/mol. The third kappa shape index (κ3) is 9.53. The summed E-state index contributed by atoms with van der Waals surface area (Å²) in [6.07, 6.45) is 7.18. The molecule has 11 heteroatoms. The summed E-state index contributed by atoms with van der Waals surface area (Å²) < 4.78 is 58.3. The highest BCUT2D eigenvalue weighted by atomic mass is 32.2. The number of hydrogen-bond acceptors (Lipinski definition) is 7. The zero-order valence-corrected chi connectivity index (χ0v) is 27.5. The van der Waals surface area contributed by atoms with Crippen molar-refractivity contribution in [3.63, 3.8) is 0 Å². The second kappa shape index (κ2) is 15.7. The molecule has 3 aromatic rings. The van der Waals surface area contributed by atoms with E-state index in [4.69, 9.17) is 13.9 Å². The van der Waals surface area contributed by atoms with E-state index < -0.39 is 15.8 Å². The second-order valence-electron chi connectivity index (χ2n) is 12.1. The summed E-state index contributed by atoms with van der Waals surface area (Å²) in [5.41, 5.74) is 2.72. The average Bonchev–Trinajstić information content (AvgIpc) is 3.78. The largest absolute Gasteiger partial charge is 0.465 e. The molecule has 0 saturated heterocycles. The van der Waals surface area contributed by atoms with E-state index in [1.54, 1.807) is 18.2 Å². The van der Waals surface area contributed by atoms with Gasteiger partial charge in [-0.05, 0) is 92.7 Å². The van der Waals surface area contributed by atoms with Gasteiger partial charge in [-0.1, -0.05) is 13.8 Å². The molecule has 0 radical (unpaired) electrons. The van der Waals surface area contributed by atoms with Crippen LogP contribution < -0.4 is 9.62 Å². The maximum atomic E-state index is 13.6. The Hall–Kier alpha value is -3.44. The lowest BCUT2D eigenvalue weighted by molar-refractivity contribution is -0.144. The highest BCUT2D eigenvalue weighted by Crippen LogP contribution is 2.48. The quantitative estimate of drug-likeness (QED) is 0.120. The van der Waals surface area contributed by atoms with E-state index >= 15 is 0 Å². The van der Waals surface area contributed by atoms with Gasteiger partial charge in [0.1, 0.15) is 17.2 Å². The van der Waals surface area contributed by atoms with E-state index in [1.165, 1.54) is 29.7 Å². The number of benzene rings is 2. The van der Waals surface area contributed by atoms with Gasteiger partial charge in [0.15, 0.2) is 0 Å². The molecule has 1 saturated carbocycles. The Bertz CT molecular complexity index is 1560. The average molecular weight is 645 g/mol. The Balaban J connectivity index is 1.41. The third-order valence-corrected chi connectivity index (χ3v) is 8.91. The van der Waals surface area contributed by atoms with Crippen LogP contribution in [-0.2, 0) is 24.3 Å². The zero-order valence-electron chi connectivity index (χ0n) is 26.7. The van der Waals surface area contributed by atoms with E-state index in [0.717, 1.165) is 44.1 Å². The zero-order chi connectivity index (χ0) is 32.6. The molecule has 0 atom stereocenters. The van der Waals surface area contributed by atoms with E-state index in [9.17, 15) is 22.4 Å². The van der Waals surface area contributed by atoms with Gasteiger partial charge < -0.3 is 19.2 Å². The summed E-state index contributed by atoms with van der Waals surface area (Å²) in [4.78, 5) is 24.7. The summed E-state index contributed by atoms with van der Waals surface area (Å²) in [5.74, 6) is -0.0843. The van der Waals surface area contributed by atoms with Crippen LogP contribution in [0.1, 0.15) is 87.1 Å².